The summed E-state index contributed by atoms with van der Waals surface area (Å²) in [5, 5.41) is 3.42. The third-order valence-electron chi connectivity index (χ3n) is 4.78. The summed E-state index contributed by atoms with van der Waals surface area (Å²) in [7, 11) is 0. The van der Waals surface area contributed by atoms with Gasteiger partial charge in [-0.2, -0.15) is 0 Å². The number of carbonyl (C=O) groups excluding carboxylic acids is 1. The Bertz CT molecular complexity index is 564. The highest BCUT2D eigenvalue weighted by Crippen LogP contribution is 2.36. The number of alkyl halides is 2. The lowest BCUT2D eigenvalue weighted by Gasteiger charge is -2.30. The van der Waals surface area contributed by atoms with Crippen molar-refractivity contribution in [3.8, 4) is 0 Å². The van der Waals surface area contributed by atoms with E-state index in [-0.39, 0.29) is 30.8 Å². The molecule has 1 fully saturated rings. The van der Waals surface area contributed by atoms with Crippen LogP contribution in [0.3, 0.4) is 0 Å². The standard InChI is InChI=1S/C19H27F2NO2/c1-4-13(3)16-12-14(18(23)24-5-2)6-7-17(16)22-15-8-10-19(20,21)11-9-15/h6-7,12-13,15,22H,4-5,8-11H2,1-3H3. The van der Waals surface area contributed by atoms with Gasteiger partial charge in [0, 0.05) is 24.6 Å². The van der Waals surface area contributed by atoms with Gasteiger partial charge in [-0.1, -0.05) is 13.8 Å². The quantitative estimate of drug-likeness (QED) is 0.708. The molecule has 5 heteroatoms. The summed E-state index contributed by atoms with van der Waals surface area (Å²) >= 11 is 0. The zero-order valence-electron chi connectivity index (χ0n) is 14.7. The van der Waals surface area contributed by atoms with Crippen molar-refractivity contribution in [2.45, 2.75) is 70.8 Å². The maximum atomic E-state index is 13.3. The van der Waals surface area contributed by atoms with E-state index in [0.29, 0.717) is 25.0 Å². The maximum Gasteiger partial charge on any atom is 0.338 e. The van der Waals surface area contributed by atoms with E-state index in [9.17, 15) is 13.6 Å². The van der Waals surface area contributed by atoms with Crippen molar-refractivity contribution < 1.29 is 18.3 Å². The van der Waals surface area contributed by atoms with Crippen LogP contribution in [-0.4, -0.2) is 24.5 Å². The van der Waals surface area contributed by atoms with Crippen molar-refractivity contribution in [3.63, 3.8) is 0 Å². The van der Waals surface area contributed by atoms with E-state index in [2.05, 4.69) is 19.2 Å². The van der Waals surface area contributed by atoms with Crippen LogP contribution in [-0.2, 0) is 4.74 Å². The zero-order chi connectivity index (χ0) is 17.7. The zero-order valence-corrected chi connectivity index (χ0v) is 14.7. The molecule has 1 aromatic carbocycles. The first kappa shape index (κ1) is 18.7. The van der Waals surface area contributed by atoms with Gasteiger partial charge in [-0.3, -0.25) is 0 Å². The van der Waals surface area contributed by atoms with Crippen LogP contribution >= 0.6 is 0 Å². The lowest BCUT2D eigenvalue weighted by Crippen LogP contribution is -2.32. The third kappa shape index (κ3) is 4.68. The summed E-state index contributed by atoms with van der Waals surface area (Å²) < 4.78 is 31.7. The molecule has 0 aliphatic heterocycles. The molecule has 1 atom stereocenters. The van der Waals surface area contributed by atoms with Crippen LogP contribution < -0.4 is 5.32 Å². The molecule has 0 saturated heterocycles. The number of ether oxygens (including phenoxy) is 1. The van der Waals surface area contributed by atoms with Gasteiger partial charge in [0.15, 0.2) is 0 Å². The van der Waals surface area contributed by atoms with Gasteiger partial charge in [-0.05, 0) is 55.9 Å². The van der Waals surface area contributed by atoms with Gasteiger partial charge >= 0.3 is 5.97 Å². The SMILES string of the molecule is CCOC(=O)c1ccc(NC2CCC(F)(F)CC2)c(C(C)CC)c1. The minimum Gasteiger partial charge on any atom is -0.462 e. The Labute approximate surface area is 142 Å². The predicted octanol–water partition coefficient (Wildman–Crippen LogP) is 5.37. The number of esters is 1. The molecule has 1 saturated carbocycles. The lowest BCUT2D eigenvalue weighted by molar-refractivity contribution is -0.0361. The van der Waals surface area contributed by atoms with E-state index >= 15 is 0 Å². The van der Waals surface area contributed by atoms with Gasteiger partial charge in [0.2, 0.25) is 5.92 Å². The summed E-state index contributed by atoms with van der Waals surface area (Å²) in [6.45, 7) is 6.31. The molecule has 2 rings (SSSR count). The van der Waals surface area contributed by atoms with Crippen molar-refractivity contribution in [1.29, 1.82) is 0 Å². The molecule has 0 heterocycles. The Balaban J connectivity index is 2.18. The van der Waals surface area contributed by atoms with E-state index in [1.165, 1.54) is 0 Å². The van der Waals surface area contributed by atoms with Crippen LogP contribution in [0.4, 0.5) is 14.5 Å². The predicted molar refractivity (Wildman–Crippen MR) is 91.9 cm³/mol. The number of hydrogen-bond acceptors (Lipinski definition) is 3. The Morgan fingerprint density at radius 3 is 2.58 bits per heavy atom. The molecular formula is C19H27F2NO2. The average molecular weight is 339 g/mol. The van der Waals surface area contributed by atoms with Crippen LogP contribution in [0.15, 0.2) is 18.2 Å². The van der Waals surface area contributed by atoms with Crippen LogP contribution in [0.5, 0.6) is 0 Å². The molecule has 0 spiro atoms. The second-order valence-electron chi connectivity index (χ2n) is 6.61. The summed E-state index contributed by atoms with van der Waals surface area (Å²) in [6.07, 6.45) is 1.73. The lowest BCUT2D eigenvalue weighted by atomic mass is 9.90. The Morgan fingerprint density at radius 1 is 1.33 bits per heavy atom. The van der Waals surface area contributed by atoms with E-state index in [1.54, 1.807) is 13.0 Å². The van der Waals surface area contributed by atoms with Crippen LogP contribution in [0.2, 0.25) is 0 Å². The van der Waals surface area contributed by atoms with Crippen LogP contribution in [0.1, 0.15) is 74.7 Å². The van der Waals surface area contributed by atoms with Gasteiger partial charge in [-0.25, -0.2) is 13.6 Å². The summed E-state index contributed by atoms with van der Waals surface area (Å²) in [6, 6.07) is 5.54. The van der Waals surface area contributed by atoms with E-state index in [1.807, 2.05) is 12.1 Å². The van der Waals surface area contributed by atoms with Crippen molar-refractivity contribution >= 4 is 11.7 Å². The molecule has 0 radical (unpaired) electrons. The number of hydrogen-bond donors (Lipinski definition) is 1. The molecule has 1 aliphatic carbocycles. The van der Waals surface area contributed by atoms with E-state index in [4.69, 9.17) is 4.74 Å². The highest BCUT2D eigenvalue weighted by Gasteiger charge is 2.35. The maximum absolute atomic E-state index is 13.3. The first-order valence-corrected chi connectivity index (χ1v) is 8.81. The first-order valence-electron chi connectivity index (χ1n) is 8.81. The van der Waals surface area contributed by atoms with Gasteiger partial charge < -0.3 is 10.1 Å². The Hall–Kier alpha value is -1.65. The summed E-state index contributed by atoms with van der Waals surface area (Å²) in [5.74, 6) is -2.58. The minimum atomic E-state index is -2.52. The van der Waals surface area contributed by atoms with Gasteiger partial charge in [-0.15, -0.1) is 0 Å². The first-order chi connectivity index (χ1) is 11.4. The molecule has 0 aromatic heterocycles. The topological polar surface area (TPSA) is 38.3 Å². The minimum absolute atomic E-state index is 0.0564. The van der Waals surface area contributed by atoms with Crippen molar-refractivity contribution in [2.75, 3.05) is 11.9 Å². The third-order valence-corrected chi connectivity index (χ3v) is 4.78. The van der Waals surface area contributed by atoms with Gasteiger partial charge in [0.05, 0.1) is 12.2 Å². The fourth-order valence-electron chi connectivity index (χ4n) is 3.07. The second-order valence-corrected chi connectivity index (χ2v) is 6.61. The molecule has 1 unspecified atom stereocenters. The number of carbonyl (C=O) groups is 1. The number of benzene rings is 1. The van der Waals surface area contributed by atoms with E-state index in [0.717, 1.165) is 17.7 Å². The molecule has 0 bridgehead atoms. The fourth-order valence-corrected chi connectivity index (χ4v) is 3.07. The highest BCUT2D eigenvalue weighted by molar-refractivity contribution is 5.90. The molecule has 1 aromatic rings. The normalized spacial score (nSPS) is 18.9. The van der Waals surface area contributed by atoms with Crippen LogP contribution in [0, 0.1) is 0 Å². The second kappa shape index (κ2) is 7.95. The Morgan fingerprint density at radius 2 is 2.00 bits per heavy atom. The van der Waals surface area contributed by atoms with Crippen molar-refractivity contribution in [3.05, 3.63) is 29.3 Å². The van der Waals surface area contributed by atoms with Crippen LogP contribution in [0.25, 0.3) is 0 Å². The summed E-state index contributed by atoms with van der Waals surface area (Å²) in [4.78, 5) is 12.0. The summed E-state index contributed by atoms with van der Waals surface area (Å²) in [5.41, 5.74) is 2.51. The molecule has 0 amide bonds. The van der Waals surface area contributed by atoms with Gasteiger partial charge in [0.1, 0.15) is 0 Å². The molecule has 1 aliphatic rings. The molecular weight excluding hydrogens is 312 g/mol. The van der Waals surface area contributed by atoms with E-state index < -0.39 is 5.92 Å². The van der Waals surface area contributed by atoms with Crippen molar-refractivity contribution in [1.82, 2.24) is 0 Å². The molecule has 3 nitrogen and oxygen atoms in total. The molecule has 24 heavy (non-hydrogen) atoms. The highest BCUT2D eigenvalue weighted by atomic mass is 19.3. The average Bonchev–Trinajstić information content (AvgIpc) is 2.56. The number of anilines is 1. The number of nitrogens with one attached hydrogen (secondary N) is 1. The largest absolute Gasteiger partial charge is 0.462 e. The Kier molecular flexibility index (Phi) is 6.19. The number of halogens is 2. The smallest absolute Gasteiger partial charge is 0.338 e. The molecule has 1 N–H and O–H groups in total. The number of rotatable bonds is 6. The fraction of sp³-hybridized carbons (Fsp3) is 0.632. The van der Waals surface area contributed by atoms with Gasteiger partial charge in [0.25, 0.3) is 0 Å². The molecule has 134 valence electrons. The monoisotopic (exact) mass is 339 g/mol. The van der Waals surface area contributed by atoms with Crippen molar-refractivity contribution in [2.24, 2.45) is 0 Å².